The SMILES string of the molecule is Cc1ccccc1C(=O)NC1CCN(C(=O)CN2CCCC2C(C)C)CC1. The van der Waals surface area contributed by atoms with Crippen molar-refractivity contribution in [1.29, 1.82) is 0 Å². The van der Waals surface area contributed by atoms with E-state index in [1.165, 1.54) is 12.8 Å². The van der Waals surface area contributed by atoms with E-state index in [-0.39, 0.29) is 17.9 Å². The van der Waals surface area contributed by atoms with Gasteiger partial charge in [-0.05, 0) is 56.7 Å². The Kier molecular flexibility index (Phi) is 6.53. The minimum absolute atomic E-state index is 0.00489. The molecule has 1 aromatic rings. The molecule has 27 heavy (non-hydrogen) atoms. The van der Waals surface area contributed by atoms with Crippen LogP contribution in [0.4, 0.5) is 0 Å². The first kappa shape index (κ1) is 19.9. The van der Waals surface area contributed by atoms with E-state index in [0.717, 1.165) is 43.6 Å². The second kappa shape index (κ2) is 8.87. The molecule has 0 bridgehead atoms. The number of likely N-dealkylation sites (tertiary alicyclic amines) is 2. The van der Waals surface area contributed by atoms with Gasteiger partial charge in [0.25, 0.3) is 5.91 Å². The van der Waals surface area contributed by atoms with Gasteiger partial charge in [0.2, 0.25) is 5.91 Å². The van der Waals surface area contributed by atoms with E-state index < -0.39 is 0 Å². The lowest BCUT2D eigenvalue weighted by molar-refractivity contribution is -0.133. The molecule has 2 amide bonds. The highest BCUT2D eigenvalue weighted by Crippen LogP contribution is 2.24. The zero-order valence-corrected chi connectivity index (χ0v) is 16.9. The molecule has 0 saturated carbocycles. The summed E-state index contributed by atoms with van der Waals surface area (Å²) in [7, 11) is 0. The normalized spacial score (nSPS) is 21.6. The summed E-state index contributed by atoms with van der Waals surface area (Å²) < 4.78 is 0. The van der Waals surface area contributed by atoms with E-state index in [2.05, 4.69) is 24.1 Å². The first-order valence-electron chi connectivity index (χ1n) is 10.3. The van der Waals surface area contributed by atoms with Gasteiger partial charge in [0.05, 0.1) is 6.54 Å². The topological polar surface area (TPSA) is 52.7 Å². The Hall–Kier alpha value is -1.88. The number of hydrogen-bond donors (Lipinski definition) is 1. The third-order valence-corrected chi connectivity index (χ3v) is 6.09. The van der Waals surface area contributed by atoms with Gasteiger partial charge in [-0.3, -0.25) is 14.5 Å². The zero-order chi connectivity index (χ0) is 19.4. The van der Waals surface area contributed by atoms with Gasteiger partial charge in [-0.2, -0.15) is 0 Å². The van der Waals surface area contributed by atoms with Crippen molar-refractivity contribution in [1.82, 2.24) is 15.1 Å². The average Bonchev–Trinajstić information content (AvgIpc) is 3.11. The summed E-state index contributed by atoms with van der Waals surface area (Å²) in [5.74, 6) is 0.837. The molecule has 0 spiro atoms. The third kappa shape index (κ3) is 4.89. The minimum atomic E-state index is -0.00489. The third-order valence-electron chi connectivity index (χ3n) is 6.09. The number of hydrogen-bond acceptors (Lipinski definition) is 3. The summed E-state index contributed by atoms with van der Waals surface area (Å²) in [5, 5.41) is 3.14. The maximum absolute atomic E-state index is 12.7. The number of aryl methyl sites for hydroxylation is 1. The summed E-state index contributed by atoms with van der Waals surface area (Å²) in [6.07, 6.45) is 4.06. The van der Waals surface area contributed by atoms with Crippen LogP contribution in [0.3, 0.4) is 0 Å². The van der Waals surface area contributed by atoms with Crippen molar-refractivity contribution in [3.8, 4) is 0 Å². The van der Waals surface area contributed by atoms with Crippen molar-refractivity contribution >= 4 is 11.8 Å². The summed E-state index contributed by atoms with van der Waals surface area (Å²) >= 11 is 0. The van der Waals surface area contributed by atoms with Crippen LogP contribution in [0, 0.1) is 12.8 Å². The number of nitrogens with one attached hydrogen (secondary N) is 1. The molecular weight excluding hydrogens is 338 g/mol. The van der Waals surface area contributed by atoms with Gasteiger partial charge in [-0.25, -0.2) is 0 Å². The number of carbonyl (C=O) groups excluding carboxylic acids is 2. The highest BCUT2D eigenvalue weighted by molar-refractivity contribution is 5.95. The summed E-state index contributed by atoms with van der Waals surface area (Å²) in [4.78, 5) is 29.5. The lowest BCUT2D eigenvalue weighted by atomic mass is 10.0. The Bertz CT molecular complexity index is 665. The molecule has 1 N–H and O–H groups in total. The quantitative estimate of drug-likeness (QED) is 0.866. The number of benzene rings is 1. The van der Waals surface area contributed by atoms with Crippen molar-refractivity contribution in [2.24, 2.45) is 5.92 Å². The highest BCUT2D eigenvalue weighted by Gasteiger charge is 2.31. The van der Waals surface area contributed by atoms with Crippen LogP contribution >= 0.6 is 0 Å². The fourth-order valence-corrected chi connectivity index (χ4v) is 4.44. The van der Waals surface area contributed by atoms with E-state index in [0.29, 0.717) is 18.5 Å². The molecule has 2 aliphatic heterocycles. The number of amides is 2. The van der Waals surface area contributed by atoms with E-state index >= 15 is 0 Å². The molecule has 0 radical (unpaired) electrons. The molecule has 0 aromatic heterocycles. The van der Waals surface area contributed by atoms with Crippen LogP contribution in [0.5, 0.6) is 0 Å². The summed E-state index contributed by atoms with van der Waals surface area (Å²) in [6, 6.07) is 8.35. The largest absolute Gasteiger partial charge is 0.349 e. The van der Waals surface area contributed by atoms with Crippen LogP contribution in [0.1, 0.15) is 55.5 Å². The first-order chi connectivity index (χ1) is 13.0. The number of nitrogens with zero attached hydrogens (tertiary/aromatic N) is 2. The number of piperidine rings is 1. The molecule has 5 nitrogen and oxygen atoms in total. The second-order valence-electron chi connectivity index (χ2n) is 8.37. The van der Waals surface area contributed by atoms with Gasteiger partial charge in [0, 0.05) is 30.7 Å². The average molecular weight is 372 g/mol. The van der Waals surface area contributed by atoms with Crippen molar-refractivity contribution < 1.29 is 9.59 Å². The van der Waals surface area contributed by atoms with Crippen molar-refractivity contribution in [3.05, 3.63) is 35.4 Å². The highest BCUT2D eigenvalue weighted by atomic mass is 16.2. The van der Waals surface area contributed by atoms with Crippen molar-refractivity contribution in [2.45, 2.75) is 58.5 Å². The Labute approximate surface area is 163 Å². The monoisotopic (exact) mass is 371 g/mol. The summed E-state index contributed by atoms with van der Waals surface area (Å²) in [6.45, 7) is 9.50. The Morgan fingerprint density at radius 1 is 1.11 bits per heavy atom. The molecule has 2 heterocycles. The van der Waals surface area contributed by atoms with Gasteiger partial charge >= 0.3 is 0 Å². The van der Waals surface area contributed by atoms with Crippen molar-refractivity contribution in [3.63, 3.8) is 0 Å². The molecule has 5 heteroatoms. The van der Waals surface area contributed by atoms with Crippen LogP contribution in [0.15, 0.2) is 24.3 Å². The first-order valence-corrected chi connectivity index (χ1v) is 10.3. The molecule has 2 fully saturated rings. The number of rotatable bonds is 5. The molecule has 1 unspecified atom stereocenters. The van der Waals surface area contributed by atoms with Crippen LogP contribution < -0.4 is 5.32 Å². The second-order valence-corrected chi connectivity index (χ2v) is 8.37. The fourth-order valence-electron chi connectivity index (χ4n) is 4.44. The van der Waals surface area contributed by atoms with Gasteiger partial charge in [-0.15, -0.1) is 0 Å². The number of carbonyl (C=O) groups is 2. The molecule has 2 saturated heterocycles. The van der Waals surface area contributed by atoms with E-state index in [4.69, 9.17) is 0 Å². The molecule has 0 aliphatic carbocycles. The van der Waals surface area contributed by atoms with Gasteiger partial charge in [-0.1, -0.05) is 32.0 Å². The fraction of sp³-hybridized carbons (Fsp3) is 0.636. The Morgan fingerprint density at radius 2 is 1.81 bits per heavy atom. The Balaban J connectivity index is 1.46. The van der Waals surface area contributed by atoms with Crippen LogP contribution in [0.2, 0.25) is 0 Å². The minimum Gasteiger partial charge on any atom is -0.349 e. The zero-order valence-electron chi connectivity index (χ0n) is 16.9. The molecule has 1 atom stereocenters. The maximum Gasteiger partial charge on any atom is 0.251 e. The molecule has 3 rings (SSSR count). The summed E-state index contributed by atoms with van der Waals surface area (Å²) in [5.41, 5.74) is 1.73. The predicted octanol–water partition coefficient (Wildman–Crippen LogP) is 2.84. The standard InChI is InChI=1S/C22H33N3O2/c1-16(2)20-9-6-12-25(20)15-21(26)24-13-10-18(11-14-24)23-22(27)19-8-5-4-7-17(19)3/h4-5,7-8,16,18,20H,6,9-15H2,1-3H3,(H,23,27). The lowest BCUT2D eigenvalue weighted by Gasteiger charge is -2.35. The molecular formula is C22H33N3O2. The lowest BCUT2D eigenvalue weighted by Crippen LogP contribution is -2.50. The smallest absolute Gasteiger partial charge is 0.251 e. The van der Waals surface area contributed by atoms with Gasteiger partial charge in [0.15, 0.2) is 0 Å². The van der Waals surface area contributed by atoms with Crippen molar-refractivity contribution in [2.75, 3.05) is 26.2 Å². The van der Waals surface area contributed by atoms with E-state index in [9.17, 15) is 9.59 Å². The molecule has 2 aliphatic rings. The van der Waals surface area contributed by atoms with E-state index in [1.807, 2.05) is 36.1 Å². The van der Waals surface area contributed by atoms with Crippen LogP contribution in [-0.4, -0.2) is 59.9 Å². The molecule has 1 aromatic carbocycles. The van der Waals surface area contributed by atoms with Gasteiger partial charge < -0.3 is 10.2 Å². The van der Waals surface area contributed by atoms with Crippen LogP contribution in [-0.2, 0) is 4.79 Å². The predicted molar refractivity (Wildman–Crippen MR) is 108 cm³/mol. The van der Waals surface area contributed by atoms with E-state index in [1.54, 1.807) is 0 Å². The Morgan fingerprint density at radius 3 is 2.48 bits per heavy atom. The van der Waals surface area contributed by atoms with Crippen LogP contribution in [0.25, 0.3) is 0 Å². The molecule has 148 valence electrons. The van der Waals surface area contributed by atoms with Gasteiger partial charge in [0.1, 0.15) is 0 Å². The maximum atomic E-state index is 12.7.